The normalized spacial score (nSPS) is 12.4. The standard InChI is InChI=1S/C16H33NO/c1-4-7-8-9-10-11-12-13-14-15(5-2)16(18)17-6-3/h15H,4-14H2,1-3H3,(H,17,18). The molecular weight excluding hydrogens is 222 g/mol. The van der Waals surface area contributed by atoms with Crippen LogP contribution in [0.5, 0.6) is 0 Å². The molecule has 0 aliphatic carbocycles. The average Bonchev–Trinajstić information content (AvgIpc) is 2.37. The smallest absolute Gasteiger partial charge is 0.223 e. The summed E-state index contributed by atoms with van der Waals surface area (Å²) in [5, 5.41) is 2.93. The molecule has 0 aromatic rings. The molecule has 0 saturated heterocycles. The molecule has 0 heterocycles. The van der Waals surface area contributed by atoms with E-state index >= 15 is 0 Å². The Bertz CT molecular complexity index is 192. The summed E-state index contributed by atoms with van der Waals surface area (Å²) < 4.78 is 0. The summed E-state index contributed by atoms with van der Waals surface area (Å²) in [6, 6.07) is 0. The van der Waals surface area contributed by atoms with Gasteiger partial charge in [0.15, 0.2) is 0 Å². The zero-order valence-corrected chi connectivity index (χ0v) is 12.8. The van der Waals surface area contributed by atoms with Crippen LogP contribution in [-0.2, 0) is 4.79 Å². The number of carbonyl (C=O) groups excluding carboxylic acids is 1. The van der Waals surface area contributed by atoms with Crippen molar-refractivity contribution < 1.29 is 4.79 Å². The van der Waals surface area contributed by atoms with Crippen molar-refractivity contribution in [2.24, 2.45) is 5.92 Å². The SMILES string of the molecule is CCCCCCCCCCC(CC)C(=O)NCC. The maximum Gasteiger partial charge on any atom is 0.223 e. The summed E-state index contributed by atoms with van der Waals surface area (Å²) in [6.07, 6.45) is 12.8. The van der Waals surface area contributed by atoms with Crippen molar-refractivity contribution in [3.05, 3.63) is 0 Å². The second-order valence-electron chi connectivity index (χ2n) is 5.26. The van der Waals surface area contributed by atoms with Crippen LogP contribution < -0.4 is 5.32 Å². The van der Waals surface area contributed by atoms with Crippen LogP contribution in [0.3, 0.4) is 0 Å². The highest BCUT2D eigenvalue weighted by atomic mass is 16.1. The first kappa shape index (κ1) is 17.5. The lowest BCUT2D eigenvalue weighted by atomic mass is 9.97. The van der Waals surface area contributed by atoms with Gasteiger partial charge in [-0.3, -0.25) is 4.79 Å². The van der Waals surface area contributed by atoms with Crippen molar-refractivity contribution in [1.82, 2.24) is 5.32 Å². The molecular formula is C16H33NO. The van der Waals surface area contributed by atoms with Gasteiger partial charge >= 0.3 is 0 Å². The highest BCUT2D eigenvalue weighted by Crippen LogP contribution is 2.15. The summed E-state index contributed by atoms with van der Waals surface area (Å²) in [5.74, 6) is 0.494. The van der Waals surface area contributed by atoms with E-state index in [4.69, 9.17) is 0 Å². The minimum atomic E-state index is 0.241. The van der Waals surface area contributed by atoms with Crippen molar-refractivity contribution in [3.8, 4) is 0 Å². The summed E-state index contributed by atoms with van der Waals surface area (Å²) >= 11 is 0. The molecule has 1 unspecified atom stereocenters. The van der Waals surface area contributed by atoms with E-state index in [9.17, 15) is 4.79 Å². The Labute approximate surface area is 114 Å². The van der Waals surface area contributed by atoms with Gasteiger partial charge in [0.2, 0.25) is 5.91 Å². The number of carbonyl (C=O) groups is 1. The third-order valence-electron chi connectivity index (χ3n) is 3.62. The van der Waals surface area contributed by atoms with E-state index in [0.29, 0.717) is 0 Å². The van der Waals surface area contributed by atoms with Crippen LogP contribution in [0.4, 0.5) is 0 Å². The van der Waals surface area contributed by atoms with Crippen LogP contribution in [0.1, 0.15) is 85.0 Å². The molecule has 2 heteroatoms. The van der Waals surface area contributed by atoms with Gasteiger partial charge < -0.3 is 5.32 Å². The summed E-state index contributed by atoms with van der Waals surface area (Å²) in [6.45, 7) is 7.12. The predicted octanol–water partition coefficient (Wildman–Crippen LogP) is 4.68. The maximum atomic E-state index is 11.7. The number of nitrogens with one attached hydrogen (secondary N) is 1. The topological polar surface area (TPSA) is 29.1 Å². The predicted molar refractivity (Wildman–Crippen MR) is 79.7 cm³/mol. The first-order valence-corrected chi connectivity index (χ1v) is 8.03. The number of amides is 1. The lowest BCUT2D eigenvalue weighted by molar-refractivity contribution is -0.125. The van der Waals surface area contributed by atoms with E-state index in [1.54, 1.807) is 0 Å². The van der Waals surface area contributed by atoms with Crippen molar-refractivity contribution in [3.63, 3.8) is 0 Å². The van der Waals surface area contributed by atoms with Gasteiger partial charge in [0.05, 0.1) is 0 Å². The molecule has 1 atom stereocenters. The van der Waals surface area contributed by atoms with Crippen LogP contribution in [0.25, 0.3) is 0 Å². The molecule has 18 heavy (non-hydrogen) atoms. The minimum absolute atomic E-state index is 0.241. The maximum absolute atomic E-state index is 11.7. The Hall–Kier alpha value is -0.530. The summed E-state index contributed by atoms with van der Waals surface area (Å²) in [4.78, 5) is 11.7. The van der Waals surface area contributed by atoms with E-state index in [-0.39, 0.29) is 11.8 Å². The molecule has 0 fully saturated rings. The van der Waals surface area contributed by atoms with Crippen molar-refractivity contribution in [1.29, 1.82) is 0 Å². The molecule has 0 radical (unpaired) electrons. The van der Waals surface area contributed by atoms with Crippen molar-refractivity contribution in [2.45, 2.75) is 85.0 Å². The summed E-state index contributed by atoms with van der Waals surface area (Å²) in [7, 11) is 0. The Morgan fingerprint density at radius 1 is 0.889 bits per heavy atom. The fraction of sp³-hybridized carbons (Fsp3) is 0.938. The Morgan fingerprint density at radius 3 is 1.94 bits per heavy atom. The molecule has 108 valence electrons. The molecule has 2 nitrogen and oxygen atoms in total. The number of hydrogen-bond acceptors (Lipinski definition) is 1. The van der Waals surface area contributed by atoms with Crippen LogP contribution in [0.2, 0.25) is 0 Å². The second-order valence-corrected chi connectivity index (χ2v) is 5.26. The average molecular weight is 255 g/mol. The second kappa shape index (κ2) is 12.9. The molecule has 1 N–H and O–H groups in total. The molecule has 0 bridgehead atoms. The van der Waals surface area contributed by atoms with Gasteiger partial charge in [-0.05, 0) is 19.8 Å². The zero-order valence-electron chi connectivity index (χ0n) is 12.8. The van der Waals surface area contributed by atoms with Gasteiger partial charge in [-0.25, -0.2) is 0 Å². The third-order valence-corrected chi connectivity index (χ3v) is 3.62. The molecule has 0 saturated carbocycles. The van der Waals surface area contributed by atoms with Gasteiger partial charge in [0.25, 0.3) is 0 Å². The number of unbranched alkanes of at least 4 members (excludes halogenated alkanes) is 7. The van der Waals surface area contributed by atoms with E-state index in [1.807, 2.05) is 6.92 Å². The molecule has 0 spiro atoms. The van der Waals surface area contributed by atoms with Gasteiger partial charge in [-0.15, -0.1) is 0 Å². The quantitative estimate of drug-likeness (QED) is 0.504. The van der Waals surface area contributed by atoms with Crippen LogP contribution in [0, 0.1) is 5.92 Å². The number of rotatable bonds is 12. The fourth-order valence-electron chi connectivity index (χ4n) is 2.36. The lowest BCUT2D eigenvalue weighted by Crippen LogP contribution is -2.30. The summed E-state index contributed by atoms with van der Waals surface area (Å²) in [5.41, 5.74) is 0. The van der Waals surface area contributed by atoms with Crippen molar-refractivity contribution in [2.75, 3.05) is 6.54 Å². The number of hydrogen-bond donors (Lipinski definition) is 1. The fourth-order valence-corrected chi connectivity index (χ4v) is 2.36. The third kappa shape index (κ3) is 9.49. The van der Waals surface area contributed by atoms with E-state index in [1.165, 1.54) is 51.4 Å². The van der Waals surface area contributed by atoms with Crippen LogP contribution in [-0.4, -0.2) is 12.5 Å². The molecule has 0 aliphatic rings. The molecule has 0 aromatic heterocycles. The van der Waals surface area contributed by atoms with E-state index in [0.717, 1.165) is 19.4 Å². The van der Waals surface area contributed by atoms with Crippen LogP contribution in [0.15, 0.2) is 0 Å². The van der Waals surface area contributed by atoms with E-state index < -0.39 is 0 Å². The minimum Gasteiger partial charge on any atom is -0.356 e. The first-order valence-electron chi connectivity index (χ1n) is 8.03. The highest BCUT2D eigenvalue weighted by molar-refractivity contribution is 5.78. The first-order chi connectivity index (χ1) is 8.76. The van der Waals surface area contributed by atoms with Gasteiger partial charge in [0, 0.05) is 12.5 Å². The molecule has 1 amide bonds. The van der Waals surface area contributed by atoms with Gasteiger partial charge in [-0.1, -0.05) is 65.2 Å². The van der Waals surface area contributed by atoms with Crippen LogP contribution >= 0.6 is 0 Å². The van der Waals surface area contributed by atoms with E-state index in [2.05, 4.69) is 19.2 Å². The largest absolute Gasteiger partial charge is 0.356 e. The van der Waals surface area contributed by atoms with Crippen molar-refractivity contribution >= 4 is 5.91 Å². The van der Waals surface area contributed by atoms with Gasteiger partial charge in [0.1, 0.15) is 0 Å². The molecule has 0 rings (SSSR count). The zero-order chi connectivity index (χ0) is 13.6. The molecule has 0 aromatic carbocycles. The Morgan fingerprint density at radius 2 is 1.44 bits per heavy atom. The van der Waals surface area contributed by atoms with Gasteiger partial charge in [-0.2, -0.15) is 0 Å². The Kier molecular flexibility index (Phi) is 12.5. The Balaban J connectivity index is 3.42. The monoisotopic (exact) mass is 255 g/mol. The molecule has 0 aliphatic heterocycles. The highest BCUT2D eigenvalue weighted by Gasteiger charge is 2.14. The lowest BCUT2D eigenvalue weighted by Gasteiger charge is -2.13.